The summed E-state index contributed by atoms with van der Waals surface area (Å²) in [6, 6.07) is 7.86. The summed E-state index contributed by atoms with van der Waals surface area (Å²) in [5.41, 5.74) is 3.60. The van der Waals surface area contributed by atoms with Gasteiger partial charge in [-0.15, -0.1) is 11.3 Å². The molecule has 5 rings (SSSR count). The quantitative estimate of drug-likeness (QED) is 0.683. The smallest absolute Gasteiger partial charge is 0.264 e. The fourth-order valence-corrected chi connectivity index (χ4v) is 7.87. The summed E-state index contributed by atoms with van der Waals surface area (Å²) in [4.78, 5) is 17.2. The molecule has 0 N–H and O–H groups in total. The number of nitrogens with zero attached hydrogens (tertiary/aromatic N) is 1. The van der Waals surface area contributed by atoms with Gasteiger partial charge in [0.2, 0.25) is 0 Å². The third-order valence-electron chi connectivity index (χ3n) is 6.57. The van der Waals surface area contributed by atoms with Crippen LogP contribution in [0.2, 0.25) is 0 Å². The number of benzene rings is 1. The molecule has 8 heteroatoms. The van der Waals surface area contributed by atoms with Crippen molar-refractivity contribution >= 4 is 27.1 Å². The number of methoxy groups -OCH3 is 1. The van der Waals surface area contributed by atoms with Gasteiger partial charge in [-0.25, -0.2) is 8.42 Å². The van der Waals surface area contributed by atoms with Gasteiger partial charge in [0, 0.05) is 24.1 Å². The Morgan fingerprint density at radius 1 is 1.23 bits per heavy atom. The van der Waals surface area contributed by atoms with Crippen LogP contribution in [0.25, 0.3) is 10.4 Å². The Morgan fingerprint density at radius 3 is 2.77 bits per heavy atom. The van der Waals surface area contributed by atoms with Crippen molar-refractivity contribution in [3.05, 3.63) is 40.3 Å². The van der Waals surface area contributed by atoms with Gasteiger partial charge in [-0.05, 0) is 73.1 Å². The van der Waals surface area contributed by atoms with E-state index in [1.54, 1.807) is 12.0 Å². The average molecular weight is 462 g/mol. The maximum atomic E-state index is 13.6. The predicted octanol–water partition coefficient (Wildman–Crippen LogP) is 3.33. The van der Waals surface area contributed by atoms with Gasteiger partial charge in [0.1, 0.15) is 5.75 Å². The molecule has 2 saturated heterocycles. The molecule has 166 valence electrons. The Morgan fingerprint density at radius 2 is 2.06 bits per heavy atom. The van der Waals surface area contributed by atoms with E-state index >= 15 is 0 Å². The molecule has 1 aromatic carbocycles. The first-order chi connectivity index (χ1) is 14.9. The molecular formula is C23H27NO5S2. The number of carbonyl (C=O) groups excluding carboxylic acids is 1. The van der Waals surface area contributed by atoms with Gasteiger partial charge in [0.15, 0.2) is 9.84 Å². The van der Waals surface area contributed by atoms with Crippen molar-refractivity contribution in [2.24, 2.45) is 0 Å². The Kier molecular flexibility index (Phi) is 5.56. The van der Waals surface area contributed by atoms with Crippen molar-refractivity contribution in [2.45, 2.75) is 44.2 Å². The number of thiophene rings is 1. The maximum Gasteiger partial charge on any atom is 0.264 e. The second-order valence-corrected chi connectivity index (χ2v) is 11.9. The number of sulfone groups is 1. The van der Waals surface area contributed by atoms with Gasteiger partial charge >= 0.3 is 0 Å². The zero-order chi connectivity index (χ0) is 21.6. The number of rotatable bonds is 5. The van der Waals surface area contributed by atoms with Crippen LogP contribution in [-0.4, -0.2) is 63.1 Å². The minimum atomic E-state index is -3.08. The van der Waals surface area contributed by atoms with Gasteiger partial charge in [-0.2, -0.15) is 0 Å². The lowest BCUT2D eigenvalue weighted by Crippen LogP contribution is -2.45. The summed E-state index contributed by atoms with van der Waals surface area (Å²) < 4.78 is 35.4. The number of aryl methyl sites for hydroxylation is 2. The molecule has 3 aliphatic rings. The van der Waals surface area contributed by atoms with Crippen LogP contribution in [0.1, 0.15) is 40.1 Å². The fourth-order valence-electron chi connectivity index (χ4n) is 4.91. The van der Waals surface area contributed by atoms with E-state index in [4.69, 9.17) is 9.47 Å². The lowest BCUT2D eigenvalue weighted by molar-refractivity contribution is 0.0445. The zero-order valence-electron chi connectivity index (χ0n) is 17.6. The summed E-state index contributed by atoms with van der Waals surface area (Å²) in [6.45, 7) is 1.18. The van der Waals surface area contributed by atoms with Crippen LogP contribution in [0.4, 0.5) is 0 Å². The molecule has 1 aromatic heterocycles. The minimum absolute atomic E-state index is 0.00460. The van der Waals surface area contributed by atoms with E-state index in [1.807, 2.05) is 12.1 Å². The SMILES string of the molecule is COc1ccc2c(c1)CCc1cc(C(=O)N(C[C@@H]3CCCO3)[C@@H]3CCS(=O)(=O)C3)sc1-2. The molecule has 2 aromatic rings. The second kappa shape index (κ2) is 8.22. The summed E-state index contributed by atoms with van der Waals surface area (Å²) in [5.74, 6) is 0.995. The van der Waals surface area contributed by atoms with Gasteiger partial charge in [0.05, 0.1) is 29.6 Å². The summed E-state index contributed by atoms with van der Waals surface area (Å²) in [5, 5.41) is 0. The largest absolute Gasteiger partial charge is 0.497 e. The highest BCUT2D eigenvalue weighted by molar-refractivity contribution is 7.91. The van der Waals surface area contributed by atoms with Gasteiger partial charge < -0.3 is 14.4 Å². The van der Waals surface area contributed by atoms with Crippen molar-refractivity contribution < 1.29 is 22.7 Å². The van der Waals surface area contributed by atoms with Crippen molar-refractivity contribution in [1.29, 1.82) is 0 Å². The van der Waals surface area contributed by atoms with Crippen molar-refractivity contribution in [3.8, 4) is 16.2 Å². The summed E-state index contributed by atoms with van der Waals surface area (Å²) in [7, 11) is -1.41. The number of hydrogen-bond donors (Lipinski definition) is 0. The second-order valence-electron chi connectivity index (χ2n) is 8.64. The standard InChI is InChI=1S/C23H27NO5S2/c1-28-18-6-7-20-15(11-18)4-5-16-12-21(30-22(16)20)23(25)24(13-19-3-2-9-29-19)17-8-10-31(26,27)14-17/h6-7,11-12,17,19H,2-5,8-10,13-14H2,1H3/t17-,19+/m1/s1. The third kappa shape index (κ3) is 4.13. The zero-order valence-corrected chi connectivity index (χ0v) is 19.3. The average Bonchev–Trinajstić information content (AvgIpc) is 3.50. The van der Waals surface area contributed by atoms with E-state index in [2.05, 4.69) is 12.1 Å². The first-order valence-electron chi connectivity index (χ1n) is 10.9. The van der Waals surface area contributed by atoms with Crippen LogP contribution >= 0.6 is 11.3 Å². The molecule has 6 nitrogen and oxygen atoms in total. The molecule has 1 amide bonds. The van der Waals surface area contributed by atoms with Crippen LogP contribution in [0.3, 0.4) is 0 Å². The summed E-state index contributed by atoms with van der Waals surface area (Å²) >= 11 is 1.52. The van der Waals surface area contributed by atoms with Gasteiger partial charge in [0.25, 0.3) is 5.91 Å². The van der Waals surface area contributed by atoms with E-state index in [9.17, 15) is 13.2 Å². The molecule has 0 bridgehead atoms. The topological polar surface area (TPSA) is 72.9 Å². The van der Waals surface area contributed by atoms with E-state index in [-0.39, 0.29) is 29.6 Å². The lowest BCUT2D eigenvalue weighted by Gasteiger charge is -2.30. The third-order valence-corrected chi connectivity index (χ3v) is 9.52. The van der Waals surface area contributed by atoms with Crippen LogP contribution < -0.4 is 4.74 Å². The van der Waals surface area contributed by atoms with Crippen molar-refractivity contribution in [2.75, 3.05) is 31.8 Å². The van der Waals surface area contributed by atoms with Crippen molar-refractivity contribution in [1.82, 2.24) is 4.90 Å². The Hall–Kier alpha value is -1.90. The molecule has 0 unspecified atom stereocenters. The lowest BCUT2D eigenvalue weighted by atomic mass is 9.91. The predicted molar refractivity (Wildman–Crippen MR) is 121 cm³/mol. The van der Waals surface area contributed by atoms with Crippen LogP contribution in [0, 0.1) is 0 Å². The van der Waals surface area contributed by atoms with Crippen LogP contribution in [0.15, 0.2) is 24.3 Å². The molecule has 0 spiro atoms. The molecule has 3 heterocycles. The van der Waals surface area contributed by atoms with E-state index < -0.39 is 9.84 Å². The first kappa shape index (κ1) is 21.0. The van der Waals surface area contributed by atoms with Gasteiger partial charge in [-0.1, -0.05) is 0 Å². The number of fused-ring (bicyclic) bond motifs is 3. The Labute approximate surface area is 187 Å². The monoisotopic (exact) mass is 461 g/mol. The first-order valence-corrected chi connectivity index (χ1v) is 13.5. The molecule has 0 saturated carbocycles. The number of ether oxygens (including phenoxy) is 2. The Balaban J connectivity index is 1.45. The van der Waals surface area contributed by atoms with Crippen molar-refractivity contribution in [3.63, 3.8) is 0 Å². The number of carbonyl (C=O) groups is 1. The van der Waals surface area contributed by atoms with E-state index in [1.165, 1.54) is 28.0 Å². The number of amides is 1. The highest BCUT2D eigenvalue weighted by Crippen LogP contribution is 2.41. The van der Waals surface area contributed by atoms with Crippen LogP contribution in [0.5, 0.6) is 5.75 Å². The van der Waals surface area contributed by atoms with E-state index in [0.717, 1.165) is 36.3 Å². The Bertz CT molecular complexity index is 1100. The van der Waals surface area contributed by atoms with Gasteiger partial charge in [-0.3, -0.25) is 4.79 Å². The number of hydrogen-bond acceptors (Lipinski definition) is 6. The molecule has 1 aliphatic carbocycles. The van der Waals surface area contributed by atoms with E-state index in [0.29, 0.717) is 24.4 Å². The summed E-state index contributed by atoms with van der Waals surface area (Å²) in [6.07, 6.45) is 4.22. The molecule has 2 atom stereocenters. The highest BCUT2D eigenvalue weighted by atomic mass is 32.2. The highest BCUT2D eigenvalue weighted by Gasteiger charge is 2.37. The minimum Gasteiger partial charge on any atom is -0.497 e. The molecular weight excluding hydrogens is 434 g/mol. The van der Waals surface area contributed by atoms with Crippen LogP contribution in [-0.2, 0) is 27.4 Å². The maximum absolute atomic E-state index is 13.6. The normalized spacial score (nSPS) is 23.9. The molecule has 0 radical (unpaired) electrons. The molecule has 2 fully saturated rings. The fraction of sp³-hybridized carbons (Fsp3) is 0.522. The molecule has 2 aliphatic heterocycles. The molecule has 31 heavy (non-hydrogen) atoms.